The Morgan fingerprint density at radius 3 is 2.33 bits per heavy atom. The minimum atomic E-state index is 0.144. The van der Waals surface area contributed by atoms with Crippen LogP contribution in [0.5, 0.6) is 5.75 Å². The predicted octanol–water partition coefficient (Wildman–Crippen LogP) is 2.83. The lowest BCUT2D eigenvalue weighted by atomic mass is 10.1. The molecule has 0 bridgehead atoms. The first kappa shape index (κ1) is 16.0. The van der Waals surface area contributed by atoms with E-state index in [0.29, 0.717) is 0 Å². The normalized spacial score (nSPS) is 16.8. The average Bonchev–Trinajstić information content (AvgIpc) is 2.41. The van der Waals surface area contributed by atoms with E-state index in [4.69, 9.17) is 10.5 Å². The Morgan fingerprint density at radius 1 is 1.10 bits per heavy atom. The quantitative estimate of drug-likeness (QED) is 0.847. The van der Waals surface area contributed by atoms with E-state index in [1.54, 1.807) is 0 Å². The summed E-state index contributed by atoms with van der Waals surface area (Å²) in [4.78, 5) is 4.91. The van der Waals surface area contributed by atoms with Crippen molar-refractivity contribution in [3.8, 4) is 5.75 Å². The Kier molecular flexibility index (Phi) is 5.34. The monoisotopic (exact) mass is 291 g/mol. The maximum Gasteiger partial charge on any atom is 0.144 e. The molecule has 0 atom stereocenters. The van der Waals surface area contributed by atoms with Gasteiger partial charge < -0.3 is 15.4 Å². The first-order valence-electron chi connectivity index (χ1n) is 7.99. The van der Waals surface area contributed by atoms with Gasteiger partial charge in [0.2, 0.25) is 0 Å². The van der Waals surface area contributed by atoms with Crippen LogP contribution in [0.4, 0.5) is 11.4 Å². The molecule has 0 saturated carbocycles. The highest BCUT2D eigenvalue weighted by molar-refractivity contribution is 5.74. The summed E-state index contributed by atoms with van der Waals surface area (Å²) in [6.07, 6.45) is 0.144. The third kappa shape index (κ3) is 4.27. The average molecular weight is 291 g/mol. The van der Waals surface area contributed by atoms with Gasteiger partial charge in [-0.15, -0.1) is 0 Å². The van der Waals surface area contributed by atoms with Gasteiger partial charge >= 0.3 is 0 Å². The standard InChI is InChI=1S/C17H29N3O/c1-13(2)12-19-8-10-20(11-9-19)15-6-5-7-16(17(15)18)21-14(3)4/h5-7,13-14H,8-12,18H2,1-4H3. The maximum atomic E-state index is 6.30. The molecule has 118 valence electrons. The number of benzene rings is 1. The van der Waals surface area contributed by atoms with E-state index < -0.39 is 0 Å². The van der Waals surface area contributed by atoms with Crippen molar-refractivity contribution >= 4 is 11.4 Å². The molecule has 4 heteroatoms. The molecule has 1 aromatic rings. The molecule has 0 radical (unpaired) electrons. The number of anilines is 2. The number of hydrogen-bond acceptors (Lipinski definition) is 4. The van der Waals surface area contributed by atoms with Crippen LogP contribution >= 0.6 is 0 Å². The van der Waals surface area contributed by atoms with Gasteiger partial charge in [0, 0.05) is 32.7 Å². The molecule has 0 amide bonds. The second-order valence-corrected chi connectivity index (χ2v) is 6.54. The molecular formula is C17H29N3O. The molecule has 0 aliphatic carbocycles. The van der Waals surface area contributed by atoms with E-state index in [2.05, 4.69) is 29.7 Å². The van der Waals surface area contributed by atoms with Crippen LogP contribution in [-0.4, -0.2) is 43.7 Å². The smallest absolute Gasteiger partial charge is 0.144 e. The third-order valence-electron chi connectivity index (χ3n) is 3.74. The molecule has 1 saturated heterocycles. The first-order chi connectivity index (χ1) is 9.97. The molecule has 1 fully saturated rings. The lowest BCUT2D eigenvalue weighted by Gasteiger charge is -2.37. The van der Waals surface area contributed by atoms with Crippen molar-refractivity contribution in [2.45, 2.75) is 33.8 Å². The zero-order valence-electron chi connectivity index (χ0n) is 13.8. The van der Waals surface area contributed by atoms with Crippen LogP contribution < -0.4 is 15.4 Å². The Bertz CT molecular complexity index is 451. The van der Waals surface area contributed by atoms with Crippen LogP contribution in [0.15, 0.2) is 18.2 Å². The summed E-state index contributed by atoms with van der Waals surface area (Å²) in [6.45, 7) is 14.0. The number of nitrogens with two attached hydrogens (primary N) is 1. The minimum Gasteiger partial charge on any atom is -0.489 e. The van der Waals surface area contributed by atoms with E-state index in [9.17, 15) is 0 Å². The Labute approximate surface area is 128 Å². The number of para-hydroxylation sites is 1. The molecule has 1 aliphatic heterocycles. The second kappa shape index (κ2) is 7.03. The molecule has 4 nitrogen and oxygen atoms in total. The molecule has 21 heavy (non-hydrogen) atoms. The number of ether oxygens (including phenoxy) is 1. The largest absolute Gasteiger partial charge is 0.489 e. The zero-order valence-corrected chi connectivity index (χ0v) is 13.8. The van der Waals surface area contributed by atoms with E-state index in [0.717, 1.165) is 49.2 Å². The summed E-state index contributed by atoms with van der Waals surface area (Å²) in [6, 6.07) is 6.08. The number of piperazine rings is 1. The summed E-state index contributed by atoms with van der Waals surface area (Å²) >= 11 is 0. The van der Waals surface area contributed by atoms with Crippen LogP contribution in [0.3, 0.4) is 0 Å². The second-order valence-electron chi connectivity index (χ2n) is 6.54. The first-order valence-corrected chi connectivity index (χ1v) is 7.99. The fourth-order valence-electron chi connectivity index (χ4n) is 2.85. The number of rotatable bonds is 5. The van der Waals surface area contributed by atoms with Crippen molar-refractivity contribution in [2.24, 2.45) is 5.92 Å². The van der Waals surface area contributed by atoms with Gasteiger partial charge in [-0.05, 0) is 31.9 Å². The highest BCUT2D eigenvalue weighted by atomic mass is 16.5. The van der Waals surface area contributed by atoms with Crippen molar-refractivity contribution in [1.82, 2.24) is 4.90 Å². The fourth-order valence-corrected chi connectivity index (χ4v) is 2.85. The van der Waals surface area contributed by atoms with Gasteiger partial charge in [0.1, 0.15) is 5.75 Å². The Morgan fingerprint density at radius 2 is 1.76 bits per heavy atom. The van der Waals surface area contributed by atoms with Crippen LogP contribution in [0.25, 0.3) is 0 Å². The number of hydrogen-bond donors (Lipinski definition) is 1. The van der Waals surface area contributed by atoms with Gasteiger partial charge in [0.15, 0.2) is 0 Å². The molecule has 0 aromatic heterocycles. The third-order valence-corrected chi connectivity index (χ3v) is 3.74. The maximum absolute atomic E-state index is 6.30. The van der Waals surface area contributed by atoms with Crippen molar-refractivity contribution in [2.75, 3.05) is 43.4 Å². The van der Waals surface area contributed by atoms with Crippen molar-refractivity contribution in [3.05, 3.63) is 18.2 Å². The predicted molar refractivity (Wildman–Crippen MR) is 90.1 cm³/mol. The van der Waals surface area contributed by atoms with Crippen molar-refractivity contribution < 1.29 is 4.74 Å². The lowest BCUT2D eigenvalue weighted by molar-refractivity contribution is 0.231. The fraction of sp³-hybridized carbons (Fsp3) is 0.647. The molecule has 0 unspecified atom stereocenters. The van der Waals surface area contributed by atoms with Crippen LogP contribution in [0, 0.1) is 5.92 Å². The topological polar surface area (TPSA) is 41.7 Å². The summed E-state index contributed by atoms with van der Waals surface area (Å²) in [5.74, 6) is 1.52. The number of nitrogen functional groups attached to an aromatic ring is 1. The minimum absolute atomic E-state index is 0.144. The molecule has 1 aromatic carbocycles. The summed E-state index contributed by atoms with van der Waals surface area (Å²) in [5, 5.41) is 0. The highest BCUT2D eigenvalue weighted by Gasteiger charge is 2.20. The molecule has 0 spiro atoms. The summed E-state index contributed by atoms with van der Waals surface area (Å²) < 4.78 is 5.79. The Balaban J connectivity index is 2.03. The zero-order chi connectivity index (χ0) is 15.4. The van der Waals surface area contributed by atoms with E-state index in [1.807, 2.05) is 26.0 Å². The lowest BCUT2D eigenvalue weighted by Crippen LogP contribution is -2.47. The van der Waals surface area contributed by atoms with Crippen LogP contribution in [0.2, 0.25) is 0 Å². The van der Waals surface area contributed by atoms with Crippen molar-refractivity contribution in [1.29, 1.82) is 0 Å². The highest BCUT2D eigenvalue weighted by Crippen LogP contribution is 2.33. The van der Waals surface area contributed by atoms with Crippen LogP contribution in [0.1, 0.15) is 27.7 Å². The van der Waals surface area contributed by atoms with Gasteiger partial charge in [-0.3, -0.25) is 4.90 Å². The molecular weight excluding hydrogens is 262 g/mol. The van der Waals surface area contributed by atoms with E-state index >= 15 is 0 Å². The van der Waals surface area contributed by atoms with Gasteiger partial charge in [0.05, 0.1) is 17.5 Å². The van der Waals surface area contributed by atoms with Crippen molar-refractivity contribution in [3.63, 3.8) is 0 Å². The van der Waals surface area contributed by atoms with Gasteiger partial charge in [-0.1, -0.05) is 19.9 Å². The van der Waals surface area contributed by atoms with Gasteiger partial charge in [-0.25, -0.2) is 0 Å². The van der Waals surface area contributed by atoms with E-state index in [-0.39, 0.29) is 6.10 Å². The van der Waals surface area contributed by atoms with Gasteiger partial charge in [0.25, 0.3) is 0 Å². The SMILES string of the molecule is CC(C)CN1CCN(c2cccc(OC(C)C)c2N)CC1. The van der Waals surface area contributed by atoms with E-state index in [1.165, 1.54) is 6.54 Å². The Hall–Kier alpha value is -1.42. The summed E-state index contributed by atoms with van der Waals surface area (Å²) in [5.41, 5.74) is 8.17. The molecule has 2 N–H and O–H groups in total. The number of nitrogens with zero attached hydrogens (tertiary/aromatic N) is 2. The molecule has 2 rings (SSSR count). The van der Waals surface area contributed by atoms with Gasteiger partial charge in [-0.2, -0.15) is 0 Å². The molecule has 1 heterocycles. The molecule has 1 aliphatic rings. The summed E-state index contributed by atoms with van der Waals surface area (Å²) in [7, 11) is 0. The van der Waals surface area contributed by atoms with Crippen LogP contribution in [-0.2, 0) is 0 Å².